The fourth-order valence-electron chi connectivity index (χ4n) is 2.99. The van der Waals surface area contributed by atoms with Crippen LogP contribution in [-0.2, 0) is 27.4 Å². The van der Waals surface area contributed by atoms with Crippen molar-refractivity contribution in [3.05, 3.63) is 12.2 Å². The summed E-state index contributed by atoms with van der Waals surface area (Å²) in [5.41, 5.74) is 0. The Morgan fingerprint density at radius 1 is 1.36 bits per heavy atom. The van der Waals surface area contributed by atoms with Crippen LogP contribution in [-0.4, -0.2) is 69.2 Å². The summed E-state index contributed by atoms with van der Waals surface area (Å²) in [6.45, 7) is 2.51. The molecule has 1 aromatic rings. The second-order valence-electron chi connectivity index (χ2n) is 5.74. The lowest BCUT2D eigenvalue weighted by molar-refractivity contribution is -0.147. The van der Waals surface area contributed by atoms with Gasteiger partial charge in [-0.25, -0.2) is 0 Å². The molecular weight excluding hydrogens is 286 g/mol. The minimum Gasteiger partial charge on any atom is -0.372 e. The van der Waals surface area contributed by atoms with Crippen LogP contribution in [0.25, 0.3) is 0 Å². The summed E-state index contributed by atoms with van der Waals surface area (Å²) >= 11 is 0. The van der Waals surface area contributed by atoms with Crippen molar-refractivity contribution < 1.29 is 14.3 Å². The highest BCUT2D eigenvalue weighted by Crippen LogP contribution is 2.15. The fourth-order valence-corrected chi connectivity index (χ4v) is 2.99. The smallest absolute Gasteiger partial charge is 0.252 e. The quantitative estimate of drug-likeness (QED) is 0.762. The van der Waals surface area contributed by atoms with Crippen LogP contribution in [0.1, 0.15) is 25.1 Å². The van der Waals surface area contributed by atoms with Crippen molar-refractivity contribution in [2.24, 2.45) is 0 Å². The van der Waals surface area contributed by atoms with Crippen molar-refractivity contribution in [1.82, 2.24) is 24.6 Å². The number of carbonyl (C=O) groups excluding carboxylic acids is 2. The van der Waals surface area contributed by atoms with Crippen molar-refractivity contribution in [1.29, 1.82) is 0 Å². The third-order valence-corrected chi connectivity index (χ3v) is 4.33. The van der Waals surface area contributed by atoms with E-state index in [0.29, 0.717) is 26.2 Å². The summed E-state index contributed by atoms with van der Waals surface area (Å²) in [5.74, 6) is 0.671. The van der Waals surface area contributed by atoms with E-state index in [1.54, 1.807) is 23.2 Å². The van der Waals surface area contributed by atoms with Crippen LogP contribution in [0.2, 0.25) is 0 Å². The van der Waals surface area contributed by atoms with E-state index in [0.717, 1.165) is 25.1 Å². The van der Waals surface area contributed by atoms with Gasteiger partial charge < -0.3 is 19.1 Å². The molecule has 0 bridgehead atoms. The molecule has 8 heteroatoms. The third-order valence-electron chi connectivity index (χ3n) is 4.33. The van der Waals surface area contributed by atoms with Gasteiger partial charge in [0.05, 0.1) is 13.1 Å². The van der Waals surface area contributed by atoms with Gasteiger partial charge in [0.1, 0.15) is 12.4 Å². The first-order chi connectivity index (χ1) is 10.7. The van der Waals surface area contributed by atoms with Crippen molar-refractivity contribution in [3.8, 4) is 0 Å². The Hall–Kier alpha value is -1.96. The summed E-state index contributed by atoms with van der Waals surface area (Å²) in [6, 6.07) is 0. The first-order valence-corrected chi connectivity index (χ1v) is 7.65. The molecule has 0 spiro atoms. The second kappa shape index (κ2) is 6.43. The van der Waals surface area contributed by atoms with Gasteiger partial charge in [0.15, 0.2) is 5.82 Å². The molecule has 1 saturated heterocycles. The molecule has 2 aliphatic rings. The Morgan fingerprint density at radius 2 is 2.23 bits per heavy atom. The van der Waals surface area contributed by atoms with Crippen molar-refractivity contribution >= 4 is 11.8 Å². The van der Waals surface area contributed by atoms with E-state index in [9.17, 15) is 9.59 Å². The Bertz CT molecular complexity index is 558. The number of hydrogen-bond acceptors (Lipinski definition) is 5. The predicted molar refractivity (Wildman–Crippen MR) is 76.7 cm³/mol. The maximum absolute atomic E-state index is 12.5. The van der Waals surface area contributed by atoms with Crippen molar-refractivity contribution in [3.63, 3.8) is 0 Å². The van der Waals surface area contributed by atoms with E-state index in [2.05, 4.69) is 10.2 Å². The fraction of sp³-hybridized carbons (Fsp3) is 0.714. The molecule has 0 aliphatic carbocycles. The van der Waals surface area contributed by atoms with Gasteiger partial charge in [0.2, 0.25) is 5.91 Å². The Balaban J connectivity index is 1.62. The molecule has 1 fully saturated rings. The second-order valence-corrected chi connectivity index (χ2v) is 5.74. The van der Waals surface area contributed by atoms with Crippen LogP contribution < -0.4 is 0 Å². The zero-order valence-electron chi connectivity index (χ0n) is 12.8. The maximum atomic E-state index is 12.5. The summed E-state index contributed by atoms with van der Waals surface area (Å²) < 4.78 is 7.19. The minimum absolute atomic E-state index is 0.0423. The molecule has 0 radical (unpaired) electrons. The van der Waals surface area contributed by atoms with E-state index >= 15 is 0 Å². The Kier molecular flexibility index (Phi) is 4.37. The van der Waals surface area contributed by atoms with Crippen LogP contribution in [0.15, 0.2) is 6.33 Å². The SMILES string of the molecule is COC1CCCCN(CC(=O)N2CCn3cnnc3C2)C1=O. The number of fused-ring (bicyclic) bond motifs is 1. The number of nitrogens with zero attached hydrogens (tertiary/aromatic N) is 5. The molecule has 3 heterocycles. The third kappa shape index (κ3) is 2.96. The number of hydrogen-bond donors (Lipinski definition) is 0. The lowest BCUT2D eigenvalue weighted by Crippen LogP contribution is -2.47. The molecule has 0 N–H and O–H groups in total. The molecule has 8 nitrogen and oxygen atoms in total. The number of likely N-dealkylation sites (tertiary alicyclic amines) is 1. The minimum atomic E-state index is -0.417. The van der Waals surface area contributed by atoms with Gasteiger partial charge in [0, 0.05) is 26.7 Å². The van der Waals surface area contributed by atoms with E-state index in [-0.39, 0.29) is 18.4 Å². The molecule has 0 aromatic carbocycles. The first kappa shape index (κ1) is 15.0. The molecule has 2 amide bonds. The lowest BCUT2D eigenvalue weighted by Gasteiger charge is -2.30. The van der Waals surface area contributed by atoms with Crippen molar-refractivity contribution in [2.45, 2.75) is 38.5 Å². The van der Waals surface area contributed by atoms with Gasteiger partial charge in [-0.2, -0.15) is 0 Å². The van der Waals surface area contributed by atoms with Gasteiger partial charge in [-0.15, -0.1) is 10.2 Å². The summed E-state index contributed by atoms with van der Waals surface area (Å²) in [6.07, 6.45) is 3.85. The van der Waals surface area contributed by atoms with E-state index in [4.69, 9.17) is 4.74 Å². The molecule has 1 aromatic heterocycles. The van der Waals surface area contributed by atoms with Crippen LogP contribution in [0.5, 0.6) is 0 Å². The molecule has 0 saturated carbocycles. The Morgan fingerprint density at radius 3 is 3.05 bits per heavy atom. The van der Waals surface area contributed by atoms with Gasteiger partial charge in [-0.3, -0.25) is 9.59 Å². The average molecular weight is 307 g/mol. The molecule has 2 aliphatic heterocycles. The topological polar surface area (TPSA) is 80.6 Å². The van der Waals surface area contributed by atoms with E-state index in [1.807, 2.05) is 4.57 Å². The number of aromatic nitrogens is 3. The van der Waals surface area contributed by atoms with Crippen LogP contribution in [0.3, 0.4) is 0 Å². The largest absolute Gasteiger partial charge is 0.372 e. The summed E-state index contributed by atoms with van der Waals surface area (Å²) in [7, 11) is 1.55. The van der Waals surface area contributed by atoms with Gasteiger partial charge >= 0.3 is 0 Å². The predicted octanol–water partition coefficient (Wildman–Crippen LogP) is -0.352. The van der Waals surface area contributed by atoms with Crippen LogP contribution in [0, 0.1) is 0 Å². The zero-order valence-corrected chi connectivity index (χ0v) is 12.8. The van der Waals surface area contributed by atoms with Crippen molar-refractivity contribution in [2.75, 3.05) is 26.7 Å². The molecule has 120 valence electrons. The number of carbonyl (C=O) groups is 2. The number of amides is 2. The molecular formula is C14H21N5O3. The summed E-state index contributed by atoms with van der Waals surface area (Å²) in [5, 5.41) is 7.86. The average Bonchev–Trinajstić information content (AvgIpc) is 2.93. The molecule has 1 unspecified atom stereocenters. The molecule has 1 atom stereocenters. The van der Waals surface area contributed by atoms with Gasteiger partial charge in [-0.1, -0.05) is 0 Å². The molecule has 3 rings (SSSR count). The Labute approximate surface area is 129 Å². The van der Waals surface area contributed by atoms with Gasteiger partial charge in [0.25, 0.3) is 5.91 Å². The highest BCUT2D eigenvalue weighted by atomic mass is 16.5. The summed E-state index contributed by atoms with van der Waals surface area (Å²) in [4.78, 5) is 28.2. The number of methoxy groups -OCH3 is 1. The van der Waals surface area contributed by atoms with E-state index < -0.39 is 6.10 Å². The zero-order chi connectivity index (χ0) is 15.5. The monoisotopic (exact) mass is 307 g/mol. The first-order valence-electron chi connectivity index (χ1n) is 7.65. The maximum Gasteiger partial charge on any atom is 0.252 e. The highest BCUT2D eigenvalue weighted by molar-refractivity contribution is 5.87. The standard InChI is InChI=1S/C14H21N5O3/c1-22-11-4-2-3-5-18(14(11)21)9-13(20)17-6-7-19-10-15-16-12(19)8-17/h10-11H,2-9H2,1H3. The number of ether oxygens (including phenoxy) is 1. The van der Waals surface area contributed by atoms with E-state index in [1.165, 1.54) is 0 Å². The molecule has 22 heavy (non-hydrogen) atoms. The number of rotatable bonds is 3. The lowest BCUT2D eigenvalue weighted by atomic mass is 10.2. The highest BCUT2D eigenvalue weighted by Gasteiger charge is 2.30. The normalized spacial score (nSPS) is 22.4. The van der Waals surface area contributed by atoms with Crippen LogP contribution >= 0.6 is 0 Å². The van der Waals surface area contributed by atoms with Gasteiger partial charge in [-0.05, 0) is 19.3 Å². The van der Waals surface area contributed by atoms with Crippen LogP contribution in [0.4, 0.5) is 0 Å².